The van der Waals surface area contributed by atoms with E-state index in [9.17, 15) is 5.11 Å². The Hall–Kier alpha value is -2.84. The van der Waals surface area contributed by atoms with E-state index < -0.39 is 0 Å². The Balaban J connectivity index is 0.000000167. The molecule has 5 rings (SSSR count). The van der Waals surface area contributed by atoms with Crippen molar-refractivity contribution in [1.82, 2.24) is 4.98 Å². The van der Waals surface area contributed by atoms with Crippen molar-refractivity contribution < 1.29 is 33.7 Å². The average molecular weight is 393 g/mol. The molecule has 6 heteroatoms. The third-order valence-electron chi connectivity index (χ3n) is 4.29. The Morgan fingerprint density at radius 2 is 1.66 bits per heavy atom. The van der Waals surface area contributed by atoms with E-state index in [2.05, 4.69) is 9.97 Å². The summed E-state index contributed by atoms with van der Waals surface area (Å²) in [6, 6.07) is 25.0. The predicted molar refractivity (Wildman–Crippen MR) is 112 cm³/mol. The molecular formula is C23H18LiN2O2S+. The molecule has 29 heavy (non-hydrogen) atoms. The smallest absolute Gasteiger partial charge is 0.872 e. The molecule has 0 saturated heterocycles. The van der Waals surface area contributed by atoms with Gasteiger partial charge in [-0.15, -0.1) is 0 Å². The van der Waals surface area contributed by atoms with Gasteiger partial charge >= 0.3 is 18.9 Å². The molecule has 5 aromatic rings. The van der Waals surface area contributed by atoms with Crippen molar-refractivity contribution in [3.05, 3.63) is 85.1 Å². The molecule has 0 atom stereocenters. The van der Waals surface area contributed by atoms with Crippen LogP contribution in [0.15, 0.2) is 85.1 Å². The normalized spacial score (nSPS) is 10.1. The number of nitrogens with one attached hydrogen (secondary N) is 1. The number of pyridine rings is 1. The number of rotatable bonds is 2. The number of hydrogen-bond acceptors (Lipinski definition) is 4. The van der Waals surface area contributed by atoms with Gasteiger partial charge in [-0.05, 0) is 24.3 Å². The molecule has 0 spiro atoms. The van der Waals surface area contributed by atoms with Crippen molar-refractivity contribution in [2.24, 2.45) is 0 Å². The Morgan fingerprint density at radius 3 is 2.45 bits per heavy atom. The molecule has 0 unspecified atom stereocenters. The Bertz CT molecular complexity index is 1200. The zero-order valence-corrected chi connectivity index (χ0v) is 17.1. The van der Waals surface area contributed by atoms with Crippen molar-refractivity contribution in [3.8, 4) is 22.1 Å². The summed E-state index contributed by atoms with van der Waals surface area (Å²) in [7, 11) is 1.66. The molecule has 3 aromatic carbocycles. The van der Waals surface area contributed by atoms with E-state index in [1.165, 1.54) is 4.70 Å². The maximum Gasteiger partial charge on any atom is 1.00 e. The van der Waals surface area contributed by atoms with Crippen molar-refractivity contribution in [3.63, 3.8) is 0 Å². The molecule has 0 fully saturated rings. The van der Waals surface area contributed by atoms with Gasteiger partial charge < -0.3 is 9.84 Å². The third kappa shape index (κ3) is 4.60. The van der Waals surface area contributed by atoms with E-state index in [1.54, 1.807) is 36.8 Å². The predicted octanol–water partition coefficient (Wildman–Crippen LogP) is 1.70. The van der Waals surface area contributed by atoms with Crippen LogP contribution in [0.5, 0.6) is 11.5 Å². The molecular weight excluding hydrogens is 375 g/mol. The zero-order chi connectivity index (χ0) is 19.3. The Morgan fingerprint density at radius 1 is 0.897 bits per heavy atom. The average Bonchev–Trinajstić information content (AvgIpc) is 3.18. The maximum absolute atomic E-state index is 11.7. The molecule has 4 nitrogen and oxygen atoms in total. The summed E-state index contributed by atoms with van der Waals surface area (Å²) in [5.74, 6) is 0.887. The summed E-state index contributed by atoms with van der Waals surface area (Å²) in [6.45, 7) is 0. The first-order valence-corrected chi connectivity index (χ1v) is 9.63. The first kappa shape index (κ1) is 20.9. The van der Waals surface area contributed by atoms with Crippen LogP contribution in [0.4, 0.5) is 0 Å². The zero-order valence-electron chi connectivity index (χ0n) is 16.3. The fourth-order valence-electron chi connectivity index (χ4n) is 2.93. The van der Waals surface area contributed by atoms with Gasteiger partial charge in [-0.25, -0.2) is 0 Å². The van der Waals surface area contributed by atoms with Gasteiger partial charge in [0.05, 0.1) is 7.11 Å². The minimum absolute atomic E-state index is 0. The minimum Gasteiger partial charge on any atom is -0.872 e. The third-order valence-corrected chi connectivity index (χ3v) is 5.40. The van der Waals surface area contributed by atoms with Crippen LogP contribution < -0.4 is 33.7 Å². The number of para-hydroxylation sites is 3. The van der Waals surface area contributed by atoms with Crippen molar-refractivity contribution in [2.75, 3.05) is 7.11 Å². The molecule has 0 aliphatic carbocycles. The Labute approximate surface area is 185 Å². The van der Waals surface area contributed by atoms with Crippen molar-refractivity contribution in [2.45, 2.75) is 0 Å². The number of H-pyrrole nitrogens is 1. The van der Waals surface area contributed by atoms with Crippen molar-refractivity contribution >= 4 is 32.5 Å². The molecule has 0 saturated carbocycles. The fourth-order valence-corrected chi connectivity index (χ4v) is 3.97. The standard InChI is InChI=1S/C13H9NOS.C10H9NO.Li/c15-11-7-3-1-5-9(11)13-14-10-6-2-4-8-12(10)16-13;1-12-9-6-2-4-8-5-3-7-11-10(8)9;/h1-8,15H;2-7H,1H3;/q;;+1. The second kappa shape index (κ2) is 9.57. The second-order valence-electron chi connectivity index (χ2n) is 6.08. The first-order valence-electron chi connectivity index (χ1n) is 8.81. The van der Waals surface area contributed by atoms with Gasteiger partial charge in [0.1, 0.15) is 16.0 Å². The van der Waals surface area contributed by atoms with Gasteiger partial charge in [0.15, 0.2) is 0 Å². The molecule has 0 amide bonds. The van der Waals surface area contributed by atoms with E-state index in [0.717, 1.165) is 32.7 Å². The van der Waals surface area contributed by atoms with E-state index >= 15 is 0 Å². The SMILES string of the molecule is COc1cccc2cccnc12.[Li+].[O-]c1ccccc1-c1[nH+]c2ccccc2s1. The molecule has 0 aliphatic rings. The number of thiazole rings is 1. The van der Waals surface area contributed by atoms with Crippen LogP contribution in [0, 0.1) is 0 Å². The van der Waals surface area contributed by atoms with Crippen LogP contribution >= 0.6 is 11.3 Å². The number of hydrogen-bond donors (Lipinski definition) is 0. The maximum atomic E-state index is 11.7. The number of aromatic nitrogens is 2. The van der Waals surface area contributed by atoms with Crippen molar-refractivity contribution in [1.29, 1.82) is 0 Å². The number of aromatic amines is 1. The molecule has 1 N–H and O–H groups in total. The number of benzene rings is 3. The summed E-state index contributed by atoms with van der Waals surface area (Å²) in [6.07, 6.45) is 1.77. The van der Waals surface area contributed by atoms with Crippen LogP contribution in [0.25, 0.3) is 31.7 Å². The topological polar surface area (TPSA) is 59.3 Å². The second-order valence-corrected chi connectivity index (χ2v) is 7.14. The van der Waals surface area contributed by atoms with Gasteiger partial charge in [0.2, 0.25) is 5.52 Å². The van der Waals surface area contributed by atoms with Gasteiger partial charge in [0.25, 0.3) is 5.01 Å². The minimum atomic E-state index is 0. The van der Waals surface area contributed by atoms with Gasteiger partial charge in [-0.1, -0.05) is 65.6 Å². The van der Waals surface area contributed by atoms with E-state index in [1.807, 2.05) is 66.7 Å². The van der Waals surface area contributed by atoms with Crippen LogP contribution in [-0.2, 0) is 0 Å². The summed E-state index contributed by atoms with van der Waals surface area (Å²) in [5.41, 5.74) is 2.73. The Kier molecular flexibility index (Phi) is 6.89. The monoisotopic (exact) mass is 393 g/mol. The molecule has 2 heterocycles. The van der Waals surface area contributed by atoms with Gasteiger partial charge in [-0.3, -0.25) is 4.98 Å². The largest absolute Gasteiger partial charge is 1.00 e. The summed E-state index contributed by atoms with van der Waals surface area (Å²) < 4.78 is 6.33. The molecule has 2 aromatic heterocycles. The van der Waals surface area contributed by atoms with E-state index in [0.29, 0.717) is 0 Å². The molecule has 0 radical (unpaired) electrons. The van der Waals surface area contributed by atoms with Crippen LogP contribution in [0.2, 0.25) is 0 Å². The molecule has 0 bridgehead atoms. The number of methoxy groups -OCH3 is 1. The van der Waals surface area contributed by atoms with Crippen LogP contribution in [0.3, 0.4) is 0 Å². The summed E-state index contributed by atoms with van der Waals surface area (Å²) in [4.78, 5) is 7.50. The number of nitrogens with zero attached hydrogens (tertiary/aromatic N) is 1. The first-order chi connectivity index (χ1) is 13.8. The number of ether oxygens (including phenoxy) is 1. The van der Waals surface area contributed by atoms with Gasteiger partial charge in [0, 0.05) is 23.2 Å². The van der Waals surface area contributed by atoms with Crippen LogP contribution in [-0.4, -0.2) is 12.1 Å². The molecule has 0 aliphatic heterocycles. The van der Waals surface area contributed by atoms with Gasteiger partial charge in [-0.2, -0.15) is 4.98 Å². The summed E-state index contributed by atoms with van der Waals surface area (Å²) in [5, 5.41) is 13.7. The molecule has 138 valence electrons. The quantitative estimate of drug-likeness (QED) is 0.429. The van der Waals surface area contributed by atoms with Crippen LogP contribution in [0.1, 0.15) is 0 Å². The van der Waals surface area contributed by atoms with E-state index in [-0.39, 0.29) is 24.6 Å². The summed E-state index contributed by atoms with van der Waals surface area (Å²) >= 11 is 1.61. The number of fused-ring (bicyclic) bond motifs is 2. The van der Waals surface area contributed by atoms with E-state index in [4.69, 9.17) is 4.74 Å². The fraction of sp³-hybridized carbons (Fsp3) is 0.0435.